The smallest absolute Gasteiger partial charge is 0.256 e. The van der Waals surface area contributed by atoms with Crippen LogP contribution in [0, 0.1) is 0 Å². The normalized spacial score (nSPS) is 18.1. The number of piperazine rings is 1. The maximum atomic E-state index is 13.0. The van der Waals surface area contributed by atoms with Crippen molar-refractivity contribution in [1.29, 1.82) is 0 Å². The number of nitrogens with one attached hydrogen (secondary N) is 1. The SMILES string of the molecule is CCC(=C(c1ccc(O)cc1)c1ccc(OCCCCCN2CCN(c3cc4c(cn3)C(=O)N(C3CCC(=O)NC3=O)C4)CC2)cc1)c1ccccc1. The summed E-state index contributed by atoms with van der Waals surface area (Å²) >= 11 is 0. The van der Waals surface area contributed by atoms with Crippen LogP contribution in [0.3, 0.4) is 0 Å². The van der Waals surface area contributed by atoms with Gasteiger partial charge in [0.05, 0.1) is 12.2 Å². The molecule has 4 heterocycles. The number of anilines is 1. The summed E-state index contributed by atoms with van der Waals surface area (Å²) in [4.78, 5) is 47.9. The Balaban J connectivity index is 0.852. The fourth-order valence-corrected chi connectivity index (χ4v) is 7.65. The molecule has 1 atom stereocenters. The summed E-state index contributed by atoms with van der Waals surface area (Å²) in [7, 11) is 0. The highest BCUT2D eigenvalue weighted by Crippen LogP contribution is 2.36. The number of hydrogen-bond donors (Lipinski definition) is 2. The molecule has 3 aliphatic heterocycles. The predicted octanol–water partition coefficient (Wildman–Crippen LogP) is 6.29. The van der Waals surface area contributed by atoms with Gasteiger partial charge in [0.2, 0.25) is 11.8 Å². The van der Waals surface area contributed by atoms with Gasteiger partial charge in [-0.2, -0.15) is 0 Å². The number of carbonyl (C=O) groups is 3. The van der Waals surface area contributed by atoms with Crippen molar-refractivity contribution in [2.24, 2.45) is 0 Å². The molecule has 0 spiro atoms. The number of benzene rings is 3. The Morgan fingerprint density at radius 3 is 2.28 bits per heavy atom. The van der Waals surface area contributed by atoms with Crippen LogP contribution in [0.1, 0.15) is 78.1 Å². The number of ether oxygens (including phenoxy) is 1. The molecule has 4 aromatic rings. The molecule has 10 nitrogen and oxygen atoms in total. The number of imide groups is 1. The minimum Gasteiger partial charge on any atom is -0.508 e. The quantitative estimate of drug-likeness (QED) is 0.0945. The molecular formula is C43H47N5O5. The summed E-state index contributed by atoms with van der Waals surface area (Å²) < 4.78 is 6.14. The van der Waals surface area contributed by atoms with Gasteiger partial charge in [-0.15, -0.1) is 0 Å². The highest BCUT2D eigenvalue weighted by Gasteiger charge is 2.39. The van der Waals surface area contributed by atoms with E-state index in [1.54, 1.807) is 23.2 Å². The molecule has 2 saturated heterocycles. The van der Waals surface area contributed by atoms with Gasteiger partial charge in [0.1, 0.15) is 23.4 Å². The molecule has 7 rings (SSSR count). The minimum absolute atomic E-state index is 0.195. The lowest BCUT2D eigenvalue weighted by Crippen LogP contribution is -2.52. The van der Waals surface area contributed by atoms with Crippen LogP contribution in [0.2, 0.25) is 0 Å². The van der Waals surface area contributed by atoms with Crippen LogP contribution in [0.4, 0.5) is 5.82 Å². The van der Waals surface area contributed by atoms with Crippen molar-refractivity contribution in [3.63, 3.8) is 0 Å². The fraction of sp³-hybridized carbons (Fsp3) is 0.349. The van der Waals surface area contributed by atoms with Crippen molar-refractivity contribution in [2.45, 2.75) is 58.0 Å². The summed E-state index contributed by atoms with van der Waals surface area (Å²) in [5.74, 6) is 1.10. The van der Waals surface area contributed by atoms with Gasteiger partial charge in [-0.1, -0.05) is 61.5 Å². The number of piperidine rings is 1. The monoisotopic (exact) mass is 713 g/mol. The summed E-state index contributed by atoms with van der Waals surface area (Å²) in [6.45, 7) is 7.89. The van der Waals surface area contributed by atoms with E-state index in [-0.39, 0.29) is 24.0 Å². The van der Waals surface area contributed by atoms with Crippen molar-refractivity contribution in [3.05, 3.63) is 119 Å². The van der Waals surface area contributed by atoms with Gasteiger partial charge in [-0.3, -0.25) is 24.6 Å². The van der Waals surface area contributed by atoms with E-state index in [1.807, 2.05) is 24.3 Å². The van der Waals surface area contributed by atoms with E-state index < -0.39 is 11.9 Å². The van der Waals surface area contributed by atoms with Crippen LogP contribution in [0.15, 0.2) is 91.1 Å². The predicted molar refractivity (Wildman–Crippen MR) is 205 cm³/mol. The zero-order chi connectivity index (χ0) is 36.7. The van der Waals surface area contributed by atoms with E-state index in [2.05, 4.69) is 75.6 Å². The number of phenolic OH excluding ortho intramolecular Hbond substituents is 1. The number of rotatable bonds is 13. The highest BCUT2D eigenvalue weighted by atomic mass is 16.5. The number of hydrogen-bond acceptors (Lipinski definition) is 8. The summed E-state index contributed by atoms with van der Waals surface area (Å²) in [6.07, 6.45) is 6.30. The number of unbranched alkanes of at least 4 members (excludes halogenated alkanes) is 2. The maximum absolute atomic E-state index is 13.0. The Morgan fingerprint density at radius 2 is 1.58 bits per heavy atom. The number of nitrogens with zero attached hydrogens (tertiary/aromatic N) is 4. The largest absolute Gasteiger partial charge is 0.508 e. The number of aromatic nitrogens is 1. The number of pyridine rings is 1. The standard InChI is InChI=1S/C43H47N5O5/c1-2-36(30-9-5-3-6-10-30)41(31-11-15-34(49)16-12-31)32-13-17-35(18-14-32)53-26-8-4-7-21-46-22-24-47(25-23-46)39-27-33-29-48(43(52)37(33)28-44-39)38-19-20-40(50)45-42(38)51/h3,5-6,9-18,27-28,38,49H,2,4,7-8,19-26,29H2,1H3,(H,45,50,51). The van der Waals surface area contributed by atoms with Crippen molar-refractivity contribution >= 4 is 34.7 Å². The van der Waals surface area contributed by atoms with Gasteiger partial charge in [0.15, 0.2) is 0 Å². The number of allylic oxidation sites excluding steroid dienone is 1. The van der Waals surface area contributed by atoms with Crippen LogP contribution in [0.25, 0.3) is 11.1 Å². The number of amides is 3. The van der Waals surface area contributed by atoms with Gasteiger partial charge in [-0.25, -0.2) is 4.98 Å². The van der Waals surface area contributed by atoms with Gasteiger partial charge >= 0.3 is 0 Å². The van der Waals surface area contributed by atoms with Gasteiger partial charge in [0.25, 0.3) is 5.91 Å². The van der Waals surface area contributed by atoms with Crippen LogP contribution in [0.5, 0.6) is 11.5 Å². The topological polar surface area (TPSA) is 115 Å². The van der Waals surface area contributed by atoms with Gasteiger partial charge in [-0.05, 0) is 102 Å². The van der Waals surface area contributed by atoms with E-state index in [1.165, 1.54) is 11.1 Å². The number of carbonyl (C=O) groups excluding carboxylic acids is 3. The first-order valence-electron chi connectivity index (χ1n) is 18.8. The third-order valence-corrected chi connectivity index (χ3v) is 10.6. The van der Waals surface area contributed by atoms with E-state index in [9.17, 15) is 19.5 Å². The second-order valence-corrected chi connectivity index (χ2v) is 14.0. The molecule has 0 bridgehead atoms. The molecule has 2 fully saturated rings. The molecule has 0 saturated carbocycles. The molecule has 53 heavy (non-hydrogen) atoms. The molecule has 10 heteroatoms. The van der Waals surface area contributed by atoms with Crippen molar-refractivity contribution in [1.82, 2.24) is 20.1 Å². The van der Waals surface area contributed by atoms with E-state index >= 15 is 0 Å². The molecule has 3 aliphatic rings. The summed E-state index contributed by atoms with van der Waals surface area (Å²) in [5.41, 5.74) is 7.21. The molecule has 1 unspecified atom stereocenters. The van der Waals surface area contributed by atoms with Crippen molar-refractivity contribution in [2.75, 3.05) is 44.2 Å². The van der Waals surface area contributed by atoms with Crippen molar-refractivity contribution < 1.29 is 24.2 Å². The Kier molecular flexibility index (Phi) is 11.2. The Bertz CT molecular complexity index is 1950. The lowest BCUT2D eigenvalue weighted by molar-refractivity contribution is -0.136. The second-order valence-electron chi connectivity index (χ2n) is 14.0. The average molecular weight is 714 g/mol. The first-order chi connectivity index (χ1) is 25.9. The van der Waals surface area contributed by atoms with Crippen LogP contribution < -0.4 is 15.0 Å². The molecule has 3 amide bonds. The minimum atomic E-state index is -0.619. The van der Waals surface area contributed by atoms with E-state index in [4.69, 9.17) is 4.74 Å². The third-order valence-electron chi connectivity index (χ3n) is 10.6. The molecule has 0 radical (unpaired) electrons. The zero-order valence-corrected chi connectivity index (χ0v) is 30.3. The lowest BCUT2D eigenvalue weighted by atomic mass is 9.88. The van der Waals surface area contributed by atoms with Crippen LogP contribution in [-0.4, -0.2) is 83.0 Å². The summed E-state index contributed by atoms with van der Waals surface area (Å²) in [5, 5.41) is 12.3. The molecule has 2 N–H and O–H groups in total. The average Bonchev–Trinajstić information content (AvgIpc) is 3.51. The molecule has 3 aromatic carbocycles. The molecular weight excluding hydrogens is 667 g/mol. The van der Waals surface area contributed by atoms with E-state index in [0.29, 0.717) is 25.1 Å². The second kappa shape index (κ2) is 16.5. The number of phenols is 1. The van der Waals surface area contributed by atoms with Crippen LogP contribution >= 0.6 is 0 Å². The molecule has 1 aromatic heterocycles. The van der Waals surface area contributed by atoms with Gasteiger partial charge in [0, 0.05) is 45.3 Å². The van der Waals surface area contributed by atoms with Gasteiger partial charge < -0.3 is 19.6 Å². The maximum Gasteiger partial charge on any atom is 0.256 e. The Labute approximate surface area is 311 Å². The summed E-state index contributed by atoms with van der Waals surface area (Å²) in [6, 6.07) is 27.6. The fourth-order valence-electron chi connectivity index (χ4n) is 7.65. The first-order valence-corrected chi connectivity index (χ1v) is 18.8. The Hall–Kier alpha value is -5.48. The number of aromatic hydroxyl groups is 1. The number of fused-ring (bicyclic) bond motifs is 1. The van der Waals surface area contributed by atoms with Crippen molar-refractivity contribution in [3.8, 4) is 11.5 Å². The van der Waals surface area contributed by atoms with E-state index in [0.717, 1.165) is 92.2 Å². The molecule has 0 aliphatic carbocycles. The highest BCUT2D eigenvalue weighted by molar-refractivity contribution is 6.05. The molecule has 274 valence electrons. The van der Waals surface area contributed by atoms with Crippen LogP contribution in [-0.2, 0) is 16.1 Å². The zero-order valence-electron chi connectivity index (χ0n) is 30.3. The first kappa shape index (κ1) is 35.9. The Morgan fingerprint density at radius 1 is 0.868 bits per heavy atom. The lowest BCUT2D eigenvalue weighted by Gasteiger charge is -2.35. The third kappa shape index (κ3) is 8.28.